The predicted octanol–water partition coefficient (Wildman–Crippen LogP) is 2.97. The molecule has 10 heavy (non-hydrogen) atoms. The van der Waals surface area contributed by atoms with Gasteiger partial charge in [-0.3, -0.25) is 0 Å². The average molecular weight is 157 g/mol. The monoisotopic (exact) mass is 156 g/mol. The van der Waals surface area contributed by atoms with Gasteiger partial charge in [0.25, 0.3) is 0 Å². The number of hydrogen-bond acceptors (Lipinski definition) is 0. The van der Waals surface area contributed by atoms with Crippen molar-refractivity contribution in [3.63, 3.8) is 0 Å². The molecule has 0 amide bonds. The van der Waals surface area contributed by atoms with Crippen LogP contribution in [-0.4, -0.2) is 5.38 Å². The molecule has 0 saturated carbocycles. The van der Waals surface area contributed by atoms with Crippen LogP contribution in [0.3, 0.4) is 0 Å². The molecule has 0 aliphatic carbocycles. The van der Waals surface area contributed by atoms with Crippen LogP contribution >= 0.6 is 11.6 Å². The number of hydrogen-bond donors (Lipinski definition) is 0. The fourth-order valence-electron chi connectivity index (χ4n) is 0.587. The number of alkyl halides is 1. The molecule has 0 aromatic rings. The molecule has 56 valence electrons. The van der Waals surface area contributed by atoms with E-state index >= 15 is 0 Å². The third-order valence-corrected chi connectivity index (χ3v) is 1.25. The Balaban J connectivity index is 3.76. The minimum Gasteiger partial charge on any atom is -0.123 e. The Kier molecular flexibility index (Phi) is 5.16. The maximum Gasteiger partial charge on any atom is 0.0342 e. The van der Waals surface area contributed by atoms with Gasteiger partial charge in [0.2, 0.25) is 0 Å². The molecule has 0 bridgehead atoms. The highest BCUT2D eigenvalue weighted by Gasteiger charge is 1.90. The van der Waals surface area contributed by atoms with Gasteiger partial charge in [0.15, 0.2) is 0 Å². The van der Waals surface area contributed by atoms with E-state index < -0.39 is 0 Å². The number of rotatable bonds is 2. The van der Waals surface area contributed by atoms with Gasteiger partial charge in [0.05, 0.1) is 0 Å². The zero-order valence-electron chi connectivity index (χ0n) is 6.74. The SMILES string of the molecule is CC#C/C(C)=C/CC(C)Cl. The van der Waals surface area contributed by atoms with Crippen LogP contribution in [0.2, 0.25) is 0 Å². The zero-order chi connectivity index (χ0) is 7.98. The van der Waals surface area contributed by atoms with Crippen LogP contribution in [0.1, 0.15) is 27.2 Å². The highest BCUT2D eigenvalue weighted by molar-refractivity contribution is 6.20. The topological polar surface area (TPSA) is 0 Å². The summed E-state index contributed by atoms with van der Waals surface area (Å²) in [5, 5.41) is 0.216. The summed E-state index contributed by atoms with van der Waals surface area (Å²) in [5.41, 5.74) is 1.11. The molecule has 0 heterocycles. The van der Waals surface area contributed by atoms with Crippen molar-refractivity contribution in [3.05, 3.63) is 11.6 Å². The molecular formula is C9H13Cl. The summed E-state index contributed by atoms with van der Waals surface area (Å²) in [6.45, 7) is 5.81. The standard InChI is InChI=1S/C9H13Cl/c1-4-5-8(2)6-7-9(3)10/h6,9H,7H2,1-3H3/b8-6+. The first kappa shape index (κ1) is 9.59. The van der Waals surface area contributed by atoms with E-state index in [-0.39, 0.29) is 5.38 Å². The molecule has 0 aliphatic rings. The lowest BCUT2D eigenvalue weighted by Gasteiger charge is -1.94. The largest absolute Gasteiger partial charge is 0.123 e. The molecule has 1 unspecified atom stereocenters. The summed E-state index contributed by atoms with van der Waals surface area (Å²) in [7, 11) is 0. The summed E-state index contributed by atoms with van der Waals surface area (Å²) in [5.74, 6) is 5.78. The Labute approximate surface area is 68.3 Å². The second-order valence-corrected chi connectivity index (χ2v) is 3.02. The second-order valence-electron chi connectivity index (χ2n) is 2.28. The number of halogens is 1. The quantitative estimate of drug-likeness (QED) is 0.426. The molecule has 0 saturated heterocycles. The van der Waals surface area contributed by atoms with Gasteiger partial charge in [0, 0.05) is 5.38 Å². The van der Waals surface area contributed by atoms with Crippen LogP contribution in [-0.2, 0) is 0 Å². The van der Waals surface area contributed by atoms with E-state index in [9.17, 15) is 0 Å². The van der Waals surface area contributed by atoms with Crippen molar-refractivity contribution in [1.82, 2.24) is 0 Å². The first-order chi connectivity index (χ1) is 4.66. The molecular weight excluding hydrogens is 144 g/mol. The molecule has 0 spiro atoms. The zero-order valence-corrected chi connectivity index (χ0v) is 7.50. The maximum atomic E-state index is 5.73. The molecule has 0 aromatic heterocycles. The van der Waals surface area contributed by atoms with Crippen LogP contribution < -0.4 is 0 Å². The van der Waals surface area contributed by atoms with E-state index in [0.29, 0.717) is 0 Å². The summed E-state index contributed by atoms with van der Waals surface area (Å²) in [4.78, 5) is 0. The predicted molar refractivity (Wildman–Crippen MR) is 47.1 cm³/mol. The fourth-order valence-corrected chi connectivity index (χ4v) is 0.676. The summed E-state index contributed by atoms with van der Waals surface area (Å²) >= 11 is 5.73. The fraction of sp³-hybridized carbons (Fsp3) is 0.556. The third-order valence-electron chi connectivity index (χ3n) is 1.07. The highest BCUT2D eigenvalue weighted by Crippen LogP contribution is 2.03. The lowest BCUT2D eigenvalue weighted by molar-refractivity contribution is 0.963. The molecule has 0 nitrogen and oxygen atoms in total. The molecule has 0 aromatic carbocycles. The van der Waals surface area contributed by atoms with Gasteiger partial charge in [-0.1, -0.05) is 12.0 Å². The van der Waals surface area contributed by atoms with E-state index in [2.05, 4.69) is 17.9 Å². The molecule has 1 atom stereocenters. The number of allylic oxidation sites excluding steroid dienone is 2. The van der Waals surface area contributed by atoms with Gasteiger partial charge in [-0.15, -0.1) is 17.5 Å². The van der Waals surface area contributed by atoms with Crippen LogP contribution in [0.5, 0.6) is 0 Å². The first-order valence-electron chi connectivity index (χ1n) is 3.40. The highest BCUT2D eigenvalue weighted by atomic mass is 35.5. The van der Waals surface area contributed by atoms with Crippen molar-refractivity contribution in [2.45, 2.75) is 32.6 Å². The lowest BCUT2D eigenvalue weighted by Crippen LogP contribution is -1.86. The van der Waals surface area contributed by atoms with E-state index in [1.165, 1.54) is 0 Å². The third kappa shape index (κ3) is 5.72. The van der Waals surface area contributed by atoms with E-state index in [1.807, 2.05) is 20.8 Å². The minimum atomic E-state index is 0.216. The van der Waals surface area contributed by atoms with Gasteiger partial charge in [0.1, 0.15) is 0 Å². The van der Waals surface area contributed by atoms with Gasteiger partial charge in [-0.05, 0) is 32.8 Å². The van der Waals surface area contributed by atoms with Crippen LogP contribution in [0.4, 0.5) is 0 Å². The average Bonchev–Trinajstić information content (AvgIpc) is 1.85. The Morgan fingerprint density at radius 1 is 1.70 bits per heavy atom. The Morgan fingerprint density at radius 2 is 2.30 bits per heavy atom. The van der Waals surface area contributed by atoms with Crippen molar-refractivity contribution in [2.24, 2.45) is 0 Å². The van der Waals surface area contributed by atoms with Crippen molar-refractivity contribution in [2.75, 3.05) is 0 Å². The molecule has 1 heteroatoms. The Hall–Kier alpha value is -0.410. The Morgan fingerprint density at radius 3 is 2.70 bits per heavy atom. The molecule has 0 N–H and O–H groups in total. The van der Waals surface area contributed by atoms with Crippen LogP contribution in [0.15, 0.2) is 11.6 Å². The molecule has 0 aliphatic heterocycles. The molecule has 0 rings (SSSR count). The van der Waals surface area contributed by atoms with Gasteiger partial charge in [-0.25, -0.2) is 0 Å². The Bertz CT molecular complexity index is 167. The van der Waals surface area contributed by atoms with E-state index in [0.717, 1.165) is 12.0 Å². The van der Waals surface area contributed by atoms with Gasteiger partial charge < -0.3 is 0 Å². The van der Waals surface area contributed by atoms with Crippen LogP contribution in [0.25, 0.3) is 0 Å². The maximum absolute atomic E-state index is 5.73. The van der Waals surface area contributed by atoms with Crippen molar-refractivity contribution in [1.29, 1.82) is 0 Å². The normalized spacial score (nSPS) is 13.8. The summed E-state index contributed by atoms with van der Waals surface area (Å²) < 4.78 is 0. The van der Waals surface area contributed by atoms with Crippen molar-refractivity contribution < 1.29 is 0 Å². The molecule has 0 fully saturated rings. The summed E-state index contributed by atoms with van der Waals surface area (Å²) in [6.07, 6.45) is 2.97. The smallest absolute Gasteiger partial charge is 0.0342 e. The lowest BCUT2D eigenvalue weighted by atomic mass is 10.2. The van der Waals surface area contributed by atoms with Gasteiger partial charge >= 0.3 is 0 Å². The van der Waals surface area contributed by atoms with Crippen molar-refractivity contribution in [3.8, 4) is 11.8 Å². The molecule has 0 radical (unpaired) electrons. The summed E-state index contributed by atoms with van der Waals surface area (Å²) in [6, 6.07) is 0. The van der Waals surface area contributed by atoms with E-state index in [4.69, 9.17) is 11.6 Å². The van der Waals surface area contributed by atoms with E-state index in [1.54, 1.807) is 0 Å². The van der Waals surface area contributed by atoms with Gasteiger partial charge in [-0.2, -0.15) is 0 Å². The first-order valence-corrected chi connectivity index (χ1v) is 3.84. The van der Waals surface area contributed by atoms with Crippen LogP contribution in [0, 0.1) is 11.8 Å². The van der Waals surface area contributed by atoms with Crippen molar-refractivity contribution >= 4 is 11.6 Å². The second kappa shape index (κ2) is 5.38. The minimum absolute atomic E-state index is 0.216.